The molecule has 0 unspecified atom stereocenters. The Morgan fingerprint density at radius 3 is 2.62 bits per heavy atom. The summed E-state index contributed by atoms with van der Waals surface area (Å²) in [5.41, 5.74) is -1.02. The van der Waals surface area contributed by atoms with Gasteiger partial charge in [-0.05, 0) is 38.8 Å². The van der Waals surface area contributed by atoms with Crippen LogP contribution in [0, 0.1) is 5.41 Å². The van der Waals surface area contributed by atoms with Crippen LogP contribution in [0.2, 0.25) is 0 Å². The van der Waals surface area contributed by atoms with Gasteiger partial charge >= 0.3 is 0 Å². The molecule has 0 aromatic heterocycles. The van der Waals surface area contributed by atoms with Crippen molar-refractivity contribution >= 4 is 5.78 Å². The molecule has 0 spiro atoms. The zero-order valence-electron chi connectivity index (χ0n) is 10.4. The van der Waals surface area contributed by atoms with Gasteiger partial charge in [0.2, 0.25) is 0 Å². The third kappa shape index (κ3) is 1.31. The van der Waals surface area contributed by atoms with Crippen LogP contribution in [0.5, 0.6) is 0 Å². The van der Waals surface area contributed by atoms with Crippen molar-refractivity contribution in [3.63, 3.8) is 0 Å². The van der Waals surface area contributed by atoms with Crippen molar-refractivity contribution in [1.29, 1.82) is 0 Å². The molecule has 16 heavy (non-hydrogen) atoms. The van der Waals surface area contributed by atoms with Crippen LogP contribution in [-0.4, -0.2) is 28.2 Å². The van der Waals surface area contributed by atoms with Crippen molar-refractivity contribution in [2.75, 3.05) is 0 Å². The molecule has 0 bridgehead atoms. The van der Waals surface area contributed by atoms with Crippen LogP contribution in [0.3, 0.4) is 0 Å². The van der Waals surface area contributed by atoms with Gasteiger partial charge in [0.05, 0.1) is 6.10 Å². The molecule has 2 aliphatic rings. The smallest absolute Gasteiger partial charge is 0.152 e. The van der Waals surface area contributed by atoms with Gasteiger partial charge in [0.15, 0.2) is 5.78 Å². The Kier molecular flexibility index (Phi) is 2.34. The largest absolute Gasteiger partial charge is 0.390 e. The average Bonchev–Trinajstić information content (AvgIpc) is 2.81. The van der Waals surface area contributed by atoms with Crippen LogP contribution in [0.1, 0.15) is 40.5 Å². The molecule has 1 saturated carbocycles. The van der Waals surface area contributed by atoms with E-state index < -0.39 is 17.3 Å². The van der Waals surface area contributed by atoms with Crippen molar-refractivity contribution < 1.29 is 14.6 Å². The highest BCUT2D eigenvalue weighted by Crippen LogP contribution is 2.65. The summed E-state index contributed by atoms with van der Waals surface area (Å²) in [6.07, 6.45) is 4.64. The molecule has 1 N–H and O–H groups in total. The second kappa shape index (κ2) is 3.17. The normalized spacial score (nSPS) is 45.4. The lowest BCUT2D eigenvalue weighted by Crippen LogP contribution is -2.48. The van der Waals surface area contributed by atoms with Crippen LogP contribution in [-0.2, 0) is 9.53 Å². The lowest BCUT2D eigenvalue weighted by molar-refractivity contribution is -0.112. The SMILES string of the molecule is CC(=O)/C=C/[C@@]12O[C@]1(C)[C@@H](O)CCC2(C)C. The number of ether oxygens (including phenoxy) is 1. The summed E-state index contributed by atoms with van der Waals surface area (Å²) in [6.45, 7) is 7.73. The van der Waals surface area contributed by atoms with E-state index in [4.69, 9.17) is 4.74 Å². The van der Waals surface area contributed by atoms with Gasteiger partial charge in [0, 0.05) is 5.41 Å². The maximum Gasteiger partial charge on any atom is 0.152 e. The quantitative estimate of drug-likeness (QED) is 0.575. The van der Waals surface area contributed by atoms with E-state index in [9.17, 15) is 9.90 Å². The van der Waals surface area contributed by atoms with Crippen molar-refractivity contribution in [2.24, 2.45) is 5.41 Å². The summed E-state index contributed by atoms with van der Waals surface area (Å²) >= 11 is 0. The van der Waals surface area contributed by atoms with Gasteiger partial charge in [-0.25, -0.2) is 0 Å². The van der Waals surface area contributed by atoms with Gasteiger partial charge in [0.1, 0.15) is 11.2 Å². The molecule has 1 heterocycles. The molecular formula is C13H20O3. The Hall–Kier alpha value is -0.670. The molecule has 3 atom stereocenters. The molecule has 0 aromatic rings. The van der Waals surface area contributed by atoms with Crippen molar-refractivity contribution in [2.45, 2.75) is 57.8 Å². The van der Waals surface area contributed by atoms with Gasteiger partial charge in [-0.2, -0.15) is 0 Å². The first-order valence-corrected chi connectivity index (χ1v) is 5.83. The number of rotatable bonds is 2. The maximum atomic E-state index is 11.0. The fraction of sp³-hybridized carbons (Fsp3) is 0.769. The second-order valence-corrected chi connectivity index (χ2v) is 5.83. The molecule has 3 nitrogen and oxygen atoms in total. The number of fused-ring (bicyclic) bond motifs is 1. The molecule has 1 aliphatic carbocycles. The van der Waals surface area contributed by atoms with Crippen molar-refractivity contribution in [3.8, 4) is 0 Å². The molecule has 1 aliphatic heterocycles. The zero-order chi connectivity index (χ0) is 12.2. The van der Waals surface area contributed by atoms with Crippen LogP contribution in [0.15, 0.2) is 12.2 Å². The summed E-state index contributed by atoms with van der Waals surface area (Å²) in [4.78, 5) is 11.0. The highest BCUT2D eigenvalue weighted by molar-refractivity contribution is 5.87. The third-order valence-corrected chi connectivity index (χ3v) is 4.31. The number of aliphatic hydroxyl groups is 1. The van der Waals surface area contributed by atoms with E-state index >= 15 is 0 Å². The third-order valence-electron chi connectivity index (χ3n) is 4.31. The molecule has 0 amide bonds. The van der Waals surface area contributed by atoms with Crippen LogP contribution in [0.25, 0.3) is 0 Å². The number of carbonyl (C=O) groups is 1. The maximum absolute atomic E-state index is 11.0. The van der Waals surface area contributed by atoms with Gasteiger partial charge < -0.3 is 9.84 Å². The summed E-state index contributed by atoms with van der Waals surface area (Å²) < 4.78 is 5.84. The highest BCUT2D eigenvalue weighted by atomic mass is 16.6. The van der Waals surface area contributed by atoms with Gasteiger partial charge in [-0.1, -0.05) is 13.8 Å². The van der Waals surface area contributed by atoms with E-state index in [0.29, 0.717) is 0 Å². The second-order valence-electron chi connectivity index (χ2n) is 5.83. The minimum atomic E-state index is -0.513. The number of ketones is 1. The topological polar surface area (TPSA) is 49.8 Å². The monoisotopic (exact) mass is 224 g/mol. The summed E-state index contributed by atoms with van der Waals surface area (Å²) in [5, 5.41) is 10.00. The molecule has 0 aromatic carbocycles. The summed E-state index contributed by atoms with van der Waals surface area (Å²) in [7, 11) is 0. The van der Waals surface area contributed by atoms with Gasteiger partial charge in [-0.15, -0.1) is 0 Å². The first kappa shape index (κ1) is 11.8. The minimum Gasteiger partial charge on any atom is -0.390 e. The number of hydrogen-bond acceptors (Lipinski definition) is 3. The van der Waals surface area contributed by atoms with Gasteiger partial charge in [0.25, 0.3) is 0 Å². The fourth-order valence-corrected chi connectivity index (χ4v) is 3.05. The van der Waals surface area contributed by atoms with E-state index in [2.05, 4.69) is 13.8 Å². The number of hydrogen-bond donors (Lipinski definition) is 1. The van der Waals surface area contributed by atoms with Crippen LogP contribution < -0.4 is 0 Å². The standard InChI is InChI=1S/C13H20O3/c1-9(14)5-8-13-11(2,3)7-6-10(15)12(13,4)16-13/h5,8,10,15H,6-7H2,1-4H3/b8-5+/t10-,12+,13-/m0/s1. The highest BCUT2D eigenvalue weighted by Gasteiger charge is 2.76. The molecule has 2 rings (SSSR count). The molecule has 1 saturated heterocycles. The Morgan fingerprint density at radius 2 is 2.06 bits per heavy atom. The number of allylic oxidation sites excluding steroid dienone is 1. The Morgan fingerprint density at radius 1 is 1.44 bits per heavy atom. The van der Waals surface area contributed by atoms with Crippen molar-refractivity contribution in [3.05, 3.63) is 12.2 Å². The van der Waals surface area contributed by atoms with Crippen LogP contribution >= 0.6 is 0 Å². The first-order valence-electron chi connectivity index (χ1n) is 5.83. The molecule has 2 fully saturated rings. The summed E-state index contributed by atoms with van der Waals surface area (Å²) in [5.74, 6) is 0.0167. The number of aliphatic hydroxyl groups excluding tert-OH is 1. The average molecular weight is 224 g/mol. The minimum absolute atomic E-state index is 0.0167. The lowest BCUT2D eigenvalue weighted by Gasteiger charge is -2.38. The van der Waals surface area contributed by atoms with Crippen molar-refractivity contribution in [1.82, 2.24) is 0 Å². The van der Waals surface area contributed by atoms with E-state index in [0.717, 1.165) is 12.8 Å². The Labute approximate surface area is 96.5 Å². The van der Waals surface area contributed by atoms with E-state index in [-0.39, 0.29) is 11.2 Å². The van der Waals surface area contributed by atoms with E-state index in [1.807, 2.05) is 13.0 Å². The zero-order valence-corrected chi connectivity index (χ0v) is 10.4. The number of carbonyl (C=O) groups excluding carboxylic acids is 1. The fourth-order valence-electron chi connectivity index (χ4n) is 3.05. The molecule has 3 heteroatoms. The number of epoxide rings is 1. The Bertz CT molecular complexity index is 358. The first-order chi connectivity index (χ1) is 7.25. The molecular weight excluding hydrogens is 204 g/mol. The Balaban J connectivity index is 2.34. The molecule has 90 valence electrons. The predicted molar refractivity (Wildman–Crippen MR) is 61.1 cm³/mol. The van der Waals surface area contributed by atoms with E-state index in [1.54, 1.807) is 6.08 Å². The van der Waals surface area contributed by atoms with E-state index in [1.165, 1.54) is 6.92 Å². The molecule has 0 radical (unpaired) electrons. The predicted octanol–water partition coefficient (Wildman–Crippen LogP) is 1.84. The summed E-state index contributed by atoms with van der Waals surface area (Å²) in [6, 6.07) is 0. The van der Waals surface area contributed by atoms with Crippen LogP contribution in [0.4, 0.5) is 0 Å². The van der Waals surface area contributed by atoms with Gasteiger partial charge in [-0.3, -0.25) is 4.79 Å². The lowest BCUT2D eigenvalue weighted by atomic mass is 9.63.